The minimum atomic E-state index is -0.742. The molecular weight excluding hydrogens is 486 g/mol. The zero-order chi connectivity index (χ0) is 26.2. The second kappa shape index (κ2) is 12.4. The Kier molecular flexibility index (Phi) is 8.74. The van der Waals surface area contributed by atoms with E-state index in [0.717, 1.165) is 23.3 Å². The van der Waals surface area contributed by atoms with Gasteiger partial charge in [0.25, 0.3) is 0 Å². The highest BCUT2D eigenvalue weighted by Crippen LogP contribution is 2.37. The normalized spacial score (nSPS) is 15.4. The molecule has 2 aromatic carbocycles. The molecule has 1 aromatic heterocycles. The Labute approximate surface area is 221 Å². The lowest BCUT2D eigenvalue weighted by Gasteiger charge is -2.37. The van der Waals surface area contributed by atoms with E-state index in [2.05, 4.69) is 17.6 Å². The lowest BCUT2D eigenvalue weighted by Crippen LogP contribution is -2.48. The summed E-state index contributed by atoms with van der Waals surface area (Å²) in [7, 11) is 0. The molecule has 4 rings (SSSR count). The summed E-state index contributed by atoms with van der Waals surface area (Å²) in [6, 6.07) is 19.5. The molecule has 1 atom stereocenters. The zero-order valence-electron chi connectivity index (χ0n) is 21.0. The van der Waals surface area contributed by atoms with Crippen LogP contribution in [0.5, 0.6) is 0 Å². The molecule has 2 N–H and O–H groups in total. The second-order valence-corrected chi connectivity index (χ2v) is 9.70. The van der Waals surface area contributed by atoms with Crippen molar-refractivity contribution in [2.45, 2.75) is 39.2 Å². The topological polar surface area (TPSA) is 87.7 Å². The van der Waals surface area contributed by atoms with E-state index in [1.165, 1.54) is 11.3 Å². The van der Waals surface area contributed by atoms with Crippen LogP contribution in [0.25, 0.3) is 5.70 Å². The summed E-state index contributed by atoms with van der Waals surface area (Å²) in [5, 5.41) is 7.88. The second-order valence-electron chi connectivity index (χ2n) is 8.67. The summed E-state index contributed by atoms with van der Waals surface area (Å²) in [6.07, 6.45) is 1.97. The van der Waals surface area contributed by atoms with Crippen molar-refractivity contribution in [3.05, 3.63) is 93.7 Å². The average molecular weight is 518 g/mol. The molecule has 1 unspecified atom stereocenters. The van der Waals surface area contributed by atoms with Crippen molar-refractivity contribution in [2.24, 2.45) is 0 Å². The Morgan fingerprint density at radius 3 is 2.57 bits per heavy atom. The number of esters is 1. The van der Waals surface area contributed by atoms with Gasteiger partial charge in [-0.1, -0.05) is 61.9 Å². The SMILES string of the molecule is CCCCN1C(=O)NC(c2cccc(NC(=O)Cc3cccs3)c2)C(C(=O)OCC)=C1c1ccccc1. The van der Waals surface area contributed by atoms with Gasteiger partial charge in [-0.25, -0.2) is 9.59 Å². The first kappa shape index (κ1) is 26.2. The Bertz CT molecular complexity index is 1270. The molecule has 37 heavy (non-hydrogen) atoms. The van der Waals surface area contributed by atoms with Crippen molar-refractivity contribution in [1.82, 2.24) is 10.2 Å². The van der Waals surface area contributed by atoms with Gasteiger partial charge >= 0.3 is 12.0 Å². The van der Waals surface area contributed by atoms with Crippen LogP contribution in [-0.4, -0.2) is 36.0 Å². The molecule has 3 amide bonds. The van der Waals surface area contributed by atoms with Gasteiger partial charge in [-0.3, -0.25) is 9.69 Å². The molecule has 2 heterocycles. The number of hydrogen-bond donors (Lipinski definition) is 2. The van der Waals surface area contributed by atoms with Crippen molar-refractivity contribution < 1.29 is 19.1 Å². The van der Waals surface area contributed by atoms with Crippen molar-refractivity contribution in [1.29, 1.82) is 0 Å². The van der Waals surface area contributed by atoms with Crippen LogP contribution in [0.4, 0.5) is 10.5 Å². The molecule has 0 radical (unpaired) electrons. The van der Waals surface area contributed by atoms with E-state index in [1.54, 1.807) is 30.0 Å². The van der Waals surface area contributed by atoms with E-state index < -0.39 is 12.0 Å². The lowest BCUT2D eigenvalue weighted by atomic mass is 9.91. The lowest BCUT2D eigenvalue weighted by molar-refractivity contribution is -0.139. The number of nitrogens with one attached hydrogen (secondary N) is 2. The highest BCUT2D eigenvalue weighted by atomic mass is 32.1. The maximum absolute atomic E-state index is 13.4. The predicted molar refractivity (Wildman–Crippen MR) is 146 cm³/mol. The van der Waals surface area contributed by atoms with Gasteiger partial charge in [-0.15, -0.1) is 11.3 Å². The Morgan fingerprint density at radius 2 is 1.86 bits per heavy atom. The molecule has 0 saturated carbocycles. The third-order valence-corrected chi connectivity index (χ3v) is 6.90. The van der Waals surface area contributed by atoms with Gasteiger partial charge in [0.05, 0.1) is 30.3 Å². The molecule has 1 aliphatic rings. The van der Waals surface area contributed by atoms with E-state index in [9.17, 15) is 14.4 Å². The summed E-state index contributed by atoms with van der Waals surface area (Å²) in [4.78, 5) is 42.0. The molecule has 1 aliphatic heterocycles. The number of nitrogens with zero attached hydrogens (tertiary/aromatic N) is 1. The summed E-state index contributed by atoms with van der Waals surface area (Å²) >= 11 is 1.53. The first-order valence-corrected chi connectivity index (χ1v) is 13.4. The number of thiophene rings is 1. The summed E-state index contributed by atoms with van der Waals surface area (Å²) < 4.78 is 5.48. The number of carbonyl (C=O) groups excluding carboxylic acids is 3. The van der Waals surface area contributed by atoms with Gasteiger partial charge in [-0.2, -0.15) is 0 Å². The summed E-state index contributed by atoms with van der Waals surface area (Å²) in [5.74, 6) is -0.621. The molecule has 0 spiro atoms. The Balaban J connectivity index is 1.75. The average Bonchev–Trinajstić information content (AvgIpc) is 3.41. The summed E-state index contributed by atoms with van der Waals surface area (Å²) in [5.41, 5.74) is 2.95. The maximum Gasteiger partial charge on any atom is 0.338 e. The van der Waals surface area contributed by atoms with Crippen LogP contribution in [0.15, 0.2) is 77.7 Å². The number of amides is 3. The van der Waals surface area contributed by atoms with Crippen LogP contribution in [0.2, 0.25) is 0 Å². The van der Waals surface area contributed by atoms with Gasteiger partial charge in [0, 0.05) is 17.1 Å². The largest absolute Gasteiger partial charge is 0.463 e. The fourth-order valence-electron chi connectivity index (χ4n) is 4.34. The van der Waals surface area contributed by atoms with E-state index in [0.29, 0.717) is 29.1 Å². The van der Waals surface area contributed by atoms with E-state index in [4.69, 9.17) is 4.74 Å². The Morgan fingerprint density at radius 1 is 1.05 bits per heavy atom. The van der Waals surface area contributed by atoms with Crippen LogP contribution in [-0.2, 0) is 20.7 Å². The van der Waals surface area contributed by atoms with Crippen LogP contribution in [0.1, 0.15) is 48.7 Å². The van der Waals surface area contributed by atoms with Gasteiger partial charge in [0.15, 0.2) is 0 Å². The number of anilines is 1. The highest BCUT2D eigenvalue weighted by Gasteiger charge is 2.38. The van der Waals surface area contributed by atoms with Crippen molar-refractivity contribution in [3.63, 3.8) is 0 Å². The predicted octanol–water partition coefficient (Wildman–Crippen LogP) is 5.77. The van der Waals surface area contributed by atoms with Crippen molar-refractivity contribution >= 4 is 40.6 Å². The maximum atomic E-state index is 13.4. The molecule has 7 nitrogen and oxygen atoms in total. The first-order valence-electron chi connectivity index (χ1n) is 12.5. The quantitative estimate of drug-likeness (QED) is 0.334. The molecule has 8 heteroatoms. The number of carbonyl (C=O) groups is 3. The van der Waals surface area contributed by atoms with Crippen LogP contribution < -0.4 is 10.6 Å². The standard InChI is InChI=1S/C29H31N3O4S/c1-3-5-16-32-27(20-11-7-6-8-12-20)25(28(34)36-4-2)26(31-29(32)35)21-13-9-14-22(18-21)30-24(33)19-23-15-10-17-37-23/h6-15,17-18,26H,3-5,16,19H2,1-2H3,(H,30,33)(H,31,35). The fraction of sp³-hybridized carbons (Fsp3) is 0.276. The number of unbranched alkanes of at least 4 members (excludes halogenated alkanes) is 1. The number of rotatable bonds is 10. The molecule has 0 fully saturated rings. The molecule has 0 aliphatic carbocycles. The van der Waals surface area contributed by atoms with Crippen LogP contribution >= 0.6 is 11.3 Å². The van der Waals surface area contributed by atoms with E-state index in [-0.39, 0.29) is 25.0 Å². The smallest absolute Gasteiger partial charge is 0.338 e. The van der Waals surface area contributed by atoms with Gasteiger partial charge in [-0.05, 0) is 48.1 Å². The van der Waals surface area contributed by atoms with E-state index in [1.807, 2.05) is 53.9 Å². The zero-order valence-corrected chi connectivity index (χ0v) is 21.8. The van der Waals surface area contributed by atoms with Crippen molar-refractivity contribution in [3.8, 4) is 0 Å². The van der Waals surface area contributed by atoms with E-state index >= 15 is 0 Å². The van der Waals surface area contributed by atoms with Crippen LogP contribution in [0.3, 0.4) is 0 Å². The number of urea groups is 1. The van der Waals surface area contributed by atoms with Crippen molar-refractivity contribution in [2.75, 3.05) is 18.5 Å². The van der Waals surface area contributed by atoms with Gasteiger partial charge in [0.1, 0.15) is 0 Å². The van der Waals surface area contributed by atoms with Gasteiger partial charge < -0.3 is 15.4 Å². The molecule has 0 saturated heterocycles. The molecule has 192 valence electrons. The third kappa shape index (κ3) is 6.27. The molecular formula is C29H31N3O4S. The first-order chi connectivity index (χ1) is 18.0. The third-order valence-electron chi connectivity index (χ3n) is 6.02. The number of ether oxygens (including phenoxy) is 1. The van der Waals surface area contributed by atoms with Gasteiger partial charge in [0.2, 0.25) is 5.91 Å². The fourth-order valence-corrected chi connectivity index (χ4v) is 5.04. The van der Waals surface area contributed by atoms with Crippen LogP contribution in [0, 0.1) is 0 Å². The molecule has 0 bridgehead atoms. The minimum Gasteiger partial charge on any atom is -0.463 e. The Hall–Kier alpha value is -3.91. The monoisotopic (exact) mass is 517 g/mol. The highest BCUT2D eigenvalue weighted by molar-refractivity contribution is 7.10. The number of hydrogen-bond acceptors (Lipinski definition) is 5. The number of benzene rings is 2. The minimum absolute atomic E-state index is 0.135. The molecule has 3 aromatic rings. The summed E-state index contributed by atoms with van der Waals surface area (Å²) in [6.45, 7) is 4.50.